The van der Waals surface area contributed by atoms with Gasteiger partial charge in [0.25, 0.3) is 5.69 Å². The lowest BCUT2D eigenvalue weighted by Crippen LogP contribution is -1.98. The number of carbonyl (C=O) groups excluding carboxylic acids is 1. The number of phenols is 1. The molecule has 1 heterocycles. The van der Waals surface area contributed by atoms with Crippen LogP contribution < -0.4 is 4.74 Å². The Kier molecular flexibility index (Phi) is 3.30. The summed E-state index contributed by atoms with van der Waals surface area (Å²) in [6.07, 6.45) is 1.34. The maximum atomic E-state index is 12.2. The lowest BCUT2D eigenvalue weighted by atomic mass is 10.1. The van der Waals surface area contributed by atoms with Gasteiger partial charge in [0.2, 0.25) is 5.78 Å². The Morgan fingerprint density at radius 1 is 1.23 bits per heavy atom. The number of hydrogen-bond donors (Lipinski definition) is 1. The number of ether oxygens (including phenoxy) is 1. The van der Waals surface area contributed by atoms with Gasteiger partial charge in [-0.05, 0) is 24.3 Å². The van der Waals surface area contributed by atoms with Crippen molar-refractivity contribution < 1.29 is 19.6 Å². The minimum absolute atomic E-state index is 0.0111. The zero-order valence-corrected chi connectivity index (χ0v) is 11.7. The average Bonchev–Trinajstić information content (AvgIpc) is 2.77. The molecular formula is C15H8ClNO5. The van der Waals surface area contributed by atoms with E-state index in [0.717, 1.165) is 0 Å². The highest BCUT2D eigenvalue weighted by atomic mass is 35.5. The lowest BCUT2D eigenvalue weighted by Gasteiger charge is -2.01. The number of nitro benzene ring substituents is 1. The summed E-state index contributed by atoms with van der Waals surface area (Å²) in [6, 6.07) is 8.06. The number of halogens is 1. The van der Waals surface area contributed by atoms with Gasteiger partial charge in [-0.2, -0.15) is 0 Å². The highest BCUT2D eigenvalue weighted by Gasteiger charge is 2.27. The maximum absolute atomic E-state index is 12.2. The van der Waals surface area contributed by atoms with Gasteiger partial charge < -0.3 is 9.84 Å². The van der Waals surface area contributed by atoms with Crippen LogP contribution in [0.4, 0.5) is 5.69 Å². The van der Waals surface area contributed by atoms with Crippen LogP contribution in [0.25, 0.3) is 6.08 Å². The molecule has 0 atom stereocenters. The van der Waals surface area contributed by atoms with Crippen LogP contribution >= 0.6 is 11.6 Å². The van der Waals surface area contributed by atoms with Crippen LogP contribution in [0.5, 0.6) is 11.5 Å². The Hall–Kier alpha value is -2.86. The van der Waals surface area contributed by atoms with E-state index in [-0.39, 0.29) is 33.8 Å². The molecule has 1 N–H and O–H groups in total. The van der Waals surface area contributed by atoms with Gasteiger partial charge in [0.05, 0.1) is 10.5 Å². The third-order valence-electron chi connectivity index (χ3n) is 3.13. The van der Waals surface area contributed by atoms with Crippen molar-refractivity contribution in [2.75, 3.05) is 0 Å². The molecule has 0 amide bonds. The Labute approximate surface area is 129 Å². The largest absolute Gasteiger partial charge is 0.508 e. The zero-order valence-electron chi connectivity index (χ0n) is 10.9. The van der Waals surface area contributed by atoms with Gasteiger partial charge in [0.15, 0.2) is 5.76 Å². The second-order valence-electron chi connectivity index (χ2n) is 4.58. The number of phenolic OH excluding ortho intramolecular Hbond substituents is 1. The maximum Gasteiger partial charge on any atom is 0.270 e. The molecule has 1 aliphatic heterocycles. The quantitative estimate of drug-likeness (QED) is 0.519. The van der Waals surface area contributed by atoms with Crippen molar-refractivity contribution in [2.24, 2.45) is 0 Å². The molecule has 0 fully saturated rings. The summed E-state index contributed by atoms with van der Waals surface area (Å²) in [6.45, 7) is 0. The van der Waals surface area contributed by atoms with Crippen molar-refractivity contribution in [1.29, 1.82) is 0 Å². The number of hydrogen-bond acceptors (Lipinski definition) is 5. The lowest BCUT2D eigenvalue weighted by molar-refractivity contribution is -0.384. The van der Waals surface area contributed by atoms with Gasteiger partial charge in [-0.25, -0.2) is 0 Å². The molecule has 110 valence electrons. The van der Waals surface area contributed by atoms with Crippen LogP contribution in [-0.2, 0) is 0 Å². The molecule has 0 saturated carbocycles. The number of nitro groups is 1. The average molecular weight is 318 g/mol. The molecule has 0 aliphatic carbocycles. The molecule has 0 bridgehead atoms. The molecule has 3 rings (SSSR count). The van der Waals surface area contributed by atoms with Crippen LogP contribution in [0.15, 0.2) is 42.2 Å². The van der Waals surface area contributed by atoms with Crippen LogP contribution in [-0.4, -0.2) is 15.8 Å². The first kappa shape index (κ1) is 14.1. The minimum atomic E-state index is -0.553. The van der Waals surface area contributed by atoms with Gasteiger partial charge in [0, 0.05) is 28.8 Å². The van der Waals surface area contributed by atoms with Gasteiger partial charge in [-0.3, -0.25) is 14.9 Å². The summed E-state index contributed by atoms with van der Waals surface area (Å²) in [5.74, 6) is -0.181. The van der Waals surface area contributed by atoms with Crippen LogP contribution in [0, 0.1) is 10.1 Å². The van der Waals surface area contributed by atoms with E-state index in [2.05, 4.69) is 0 Å². The second-order valence-corrected chi connectivity index (χ2v) is 4.99. The molecule has 0 saturated heterocycles. The number of Topliss-reactive ketones (excluding diaryl/α,β-unsaturated/α-hetero) is 1. The Morgan fingerprint density at radius 2 is 2.00 bits per heavy atom. The number of rotatable bonds is 2. The number of fused-ring (bicyclic) bond motifs is 1. The molecule has 2 aromatic carbocycles. The summed E-state index contributed by atoms with van der Waals surface area (Å²) >= 11 is 5.99. The molecule has 0 spiro atoms. The van der Waals surface area contributed by atoms with Crippen molar-refractivity contribution in [1.82, 2.24) is 0 Å². The predicted octanol–water partition coefficient (Wildman–Crippen LogP) is 3.57. The van der Waals surface area contributed by atoms with Gasteiger partial charge in [-0.1, -0.05) is 11.6 Å². The van der Waals surface area contributed by atoms with Crippen molar-refractivity contribution >= 4 is 29.1 Å². The summed E-state index contributed by atoms with van der Waals surface area (Å²) in [7, 11) is 0. The third-order valence-corrected chi connectivity index (χ3v) is 3.47. The van der Waals surface area contributed by atoms with E-state index < -0.39 is 4.92 Å². The van der Waals surface area contributed by atoms with Crippen LogP contribution in [0.1, 0.15) is 15.9 Å². The first-order valence-electron chi connectivity index (χ1n) is 6.17. The minimum Gasteiger partial charge on any atom is -0.508 e. The fourth-order valence-corrected chi connectivity index (χ4v) is 2.24. The first-order valence-corrected chi connectivity index (χ1v) is 6.55. The van der Waals surface area contributed by atoms with Crippen molar-refractivity contribution in [3.63, 3.8) is 0 Å². The van der Waals surface area contributed by atoms with Crippen LogP contribution in [0.3, 0.4) is 0 Å². The number of nitrogens with zero attached hydrogens (tertiary/aromatic N) is 1. The summed E-state index contributed by atoms with van der Waals surface area (Å²) < 4.78 is 5.38. The van der Waals surface area contributed by atoms with E-state index in [0.29, 0.717) is 11.1 Å². The van der Waals surface area contributed by atoms with Gasteiger partial charge in [-0.15, -0.1) is 0 Å². The van der Waals surface area contributed by atoms with Crippen molar-refractivity contribution in [2.45, 2.75) is 0 Å². The normalized spacial score (nSPS) is 14.8. The Bertz CT molecular complexity index is 844. The highest BCUT2D eigenvalue weighted by Crippen LogP contribution is 2.35. The highest BCUT2D eigenvalue weighted by molar-refractivity contribution is 6.32. The van der Waals surface area contributed by atoms with E-state index in [1.807, 2.05) is 0 Å². The van der Waals surface area contributed by atoms with E-state index in [1.165, 1.54) is 42.5 Å². The molecule has 0 radical (unpaired) electrons. The first-order chi connectivity index (χ1) is 10.5. The van der Waals surface area contributed by atoms with E-state index in [4.69, 9.17) is 16.3 Å². The number of non-ortho nitro benzene ring substituents is 1. The number of benzene rings is 2. The number of allylic oxidation sites excluding steroid dienone is 1. The van der Waals surface area contributed by atoms with Gasteiger partial charge >= 0.3 is 0 Å². The van der Waals surface area contributed by atoms with Crippen molar-refractivity contribution in [3.05, 3.63) is 68.4 Å². The SMILES string of the molecule is O=C1/C(=C/c2cc([N+](=O)[O-])ccc2Cl)Oc2cc(O)ccc21. The van der Waals surface area contributed by atoms with Crippen LogP contribution in [0.2, 0.25) is 5.02 Å². The number of aromatic hydroxyl groups is 1. The fraction of sp³-hybridized carbons (Fsp3) is 0. The number of ketones is 1. The standard InChI is InChI=1S/C15H8ClNO5/c16-12-4-1-9(17(20)21)5-8(12)6-14-15(19)11-3-2-10(18)7-13(11)22-14/h1-7,18H/b14-6-. The second kappa shape index (κ2) is 5.16. The summed E-state index contributed by atoms with van der Waals surface area (Å²) in [5.41, 5.74) is 0.471. The molecule has 22 heavy (non-hydrogen) atoms. The van der Waals surface area contributed by atoms with Crippen molar-refractivity contribution in [3.8, 4) is 11.5 Å². The molecule has 7 heteroatoms. The zero-order chi connectivity index (χ0) is 15.9. The topological polar surface area (TPSA) is 89.7 Å². The smallest absolute Gasteiger partial charge is 0.270 e. The summed E-state index contributed by atoms with van der Waals surface area (Å²) in [4.78, 5) is 22.4. The Morgan fingerprint density at radius 3 is 2.73 bits per heavy atom. The Balaban J connectivity index is 2.03. The predicted molar refractivity (Wildman–Crippen MR) is 79.1 cm³/mol. The van der Waals surface area contributed by atoms with Gasteiger partial charge in [0.1, 0.15) is 11.5 Å². The van der Waals surface area contributed by atoms with E-state index in [9.17, 15) is 20.0 Å². The van der Waals surface area contributed by atoms with E-state index in [1.54, 1.807) is 0 Å². The monoisotopic (exact) mass is 317 g/mol. The summed E-state index contributed by atoms with van der Waals surface area (Å²) in [5, 5.41) is 20.4. The third kappa shape index (κ3) is 2.40. The molecule has 0 unspecified atom stereocenters. The number of carbonyl (C=O) groups is 1. The molecule has 0 aromatic heterocycles. The van der Waals surface area contributed by atoms with E-state index >= 15 is 0 Å². The fourth-order valence-electron chi connectivity index (χ4n) is 2.07. The molecule has 1 aliphatic rings. The molecule has 2 aromatic rings. The molecule has 6 nitrogen and oxygen atoms in total. The molecular weight excluding hydrogens is 310 g/mol.